The number of aryl methyl sites for hydroxylation is 1. The van der Waals surface area contributed by atoms with Crippen molar-refractivity contribution in [2.24, 2.45) is 5.92 Å². The standard InChI is InChI=1S/C25H34N2O4/c1-5-31-25(29)24-17(2)22(18(3)26-24)16-27(23(28)14-19-8-6-7-9-19)15-20-10-12-21(30-4)13-11-20/h10-13,19,26H,5-9,14-16H2,1-4H3. The summed E-state index contributed by atoms with van der Waals surface area (Å²) in [6, 6.07) is 7.83. The second-order valence-corrected chi connectivity index (χ2v) is 8.40. The lowest BCUT2D eigenvalue weighted by molar-refractivity contribution is -0.133. The van der Waals surface area contributed by atoms with Gasteiger partial charge in [0.05, 0.1) is 13.7 Å². The number of nitrogens with one attached hydrogen (secondary N) is 1. The molecule has 2 aromatic rings. The maximum Gasteiger partial charge on any atom is 0.355 e. The number of aromatic amines is 1. The van der Waals surface area contributed by atoms with Crippen LogP contribution in [0.25, 0.3) is 0 Å². The number of aromatic nitrogens is 1. The van der Waals surface area contributed by atoms with Gasteiger partial charge >= 0.3 is 5.97 Å². The summed E-state index contributed by atoms with van der Waals surface area (Å²) in [5, 5.41) is 0. The van der Waals surface area contributed by atoms with Crippen LogP contribution in [0.3, 0.4) is 0 Å². The second-order valence-electron chi connectivity index (χ2n) is 8.40. The third kappa shape index (κ3) is 5.69. The quantitative estimate of drug-likeness (QED) is 0.578. The Hall–Kier alpha value is -2.76. The van der Waals surface area contributed by atoms with Crippen LogP contribution in [-0.2, 0) is 22.6 Å². The summed E-state index contributed by atoms with van der Waals surface area (Å²) >= 11 is 0. The number of ether oxygens (including phenoxy) is 2. The first-order valence-corrected chi connectivity index (χ1v) is 11.2. The fourth-order valence-electron chi connectivity index (χ4n) is 4.40. The van der Waals surface area contributed by atoms with Crippen LogP contribution >= 0.6 is 0 Å². The van der Waals surface area contributed by atoms with Crippen molar-refractivity contribution in [3.8, 4) is 5.75 Å². The first-order chi connectivity index (χ1) is 14.9. The molecule has 0 spiro atoms. The number of carbonyl (C=O) groups is 2. The van der Waals surface area contributed by atoms with Gasteiger partial charge in [-0.05, 0) is 68.4 Å². The van der Waals surface area contributed by atoms with Crippen LogP contribution in [-0.4, -0.2) is 35.5 Å². The number of benzene rings is 1. The Morgan fingerprint density at radius 3 is 2.39 bits per heavy atom. The number of methoxy groups -OCH3 is 1. The molecule has 6 heteroatoms. The molecule has 1 N–H and O–H groups in total. The highest BCUT2D eigenvalue weighted by atomic mass is 16.5. The van der Waals surface area contributed by atoms with Gasteiger partial charge in [0.2, 0.25) is 5.91 Å². The molecule has 1 saturated carbocycles. The number of rotatable bonds is 9. The Bertz CT molecular complexity index is 895. The molecule has 1 aliphatic carbocycles. The molecule has 1 aliphatic rings. The number of esters is 1. The van der Waals surface area contributed by atoms with E-state index in [0.29, 0.717) is 37.7 Å². The van der Waals surface area contributed by atoms with E-state index < -0.39 is 0 Å². The zero-order valence-electron chi connectivity index (χ0n) is 19.1. The molecule has 0 radical (unpaired) electrons. The monoisotopic (exact) mass is 426 g/mol. The molecule has 6 nitrogen and oxygen atoms in total. The topological polar surface area (TPSA) is 71.6 Å². The molecule has 1 aromatic carbocycles. The van der Waals surface area contributed by atoms with Crippen LogP contribution in [0.4, 0.5) is 0 Å². The average Bonchev–Trinajstić information content (AvgIpc) is 3.37. The van der Waals surface area contributed by atoms with Crippen LogP contribution in [0.15, 0.2) is 24.3 Å². The van der Waals surface area contributed by atoms with Gasteiger partial charge in [0, 0.05) is 25.2 Å². The number of hydrogen-bond donors (Lipinski definition) is 1. The highest BCUT2D eigenvalue weighted by Crippen LogP contribution is 2.29. The fraction of sp³-hybridized carbons (Fsp3) is 0.520. The summed E-state index contributed by atoms with van der Waals surface area (Å²) in [6.45, 7) is 6.97. The first-order valence-electron chi connectivity index (χ1n) is 11.2. The molecule has 0 saturated heterocycles. The molecule has 168 valence electrons. The Balaban J connectivity index is 1.83. The van der Waals surface area contributed by atoms with E-state index >= 15 is 0 Å². The third-order valence-electron chi connectivity index (χ3n) is 6.24. The van der Waals surface area contributed by atoms with Crippen molar-refractivity contribution >= 4 is 11.9 Å². The van der Waals surface area contributed by atoms with E-state index in [0.717, 1.165) is 41.0 Å². The molecule has 1 heterocycles. The Kier molecular flexibility index (Phi) is 7.77. The molecule has 1 fully saturated rings. The minimum Gasteiger partial charge on any atom is -0.497 e. The number of amides is 1. The maximum atomic E-state index is 13.3. The Morgan fingerprint density at radius 1 is 1.10 bits per heavy atom. The molecule has 3 rings (SSSR count). The highest BCUT2D eigenvalue weighted by molar-refractivity contribution is 5.90. The summed E-state index contributed by atoms with van der Waals surface area (Å²) in [5.74, 6) is 1.09. The summed E-state index contributed by atoms with van der Waals surface area (Å²) in [5.41, 5.74) is 4.26. The van der Waals surface area contributed by atoms with Gasteiger partial charge in [-0.25, -0.2) is 4.79 Å². The molecule has 0 unspecified atom stereocenters. The van der Waals surface area contributed by atoms with Crippen LogP contribution in [0.5, 0.6) is 5.75 Å². The van der Waals surface area contributed by atoms with Crippen molar-refractivity contribution in [1.29, 1.82) is 0 Å². The minimum absolute atomic E-state index is 0.167. The van der Waals surface area contributed by atoms with Crippen molar-refractivity contribution in [1.82, 2.24) is 9.88 Å². The van der Waals surface area contributed by atoms with Crippen LogP contribution in [0, 0.1) is 19.8 Å². The lowest BCUT2D eigenvalue weighted by Gasteiger charge is -2.25. The molecule has 31 heavy (non-hydrogen) atoms. The zero-order valence-corrected chi connectivity index (χ0v) is 19.1. The van der Waals surface area contributed by atoms with Crippen molar-refractivity contribution in [3.63, 3.8) is 0 Å². The SMILES string of the molecule is CCOC(=O)c1[nH]c(C)c(CN(Cc2ccc(OC)cc2)C(=O)CC2CCCC2)c1C. The lowest BCUT2D eigenvalue weighted by atomic mass is 10.0. The first kappa shape index (κ1) is 22.9. The molecule has 0 atom stereocenters. The van der Waals surface area contributed by atoms with Gasteiger partial charge in [-0.15, -0.1) is 0 Å². The molecule has 1 amide bonds. The summed E-state index contributed by atoms with van der Waals surface area (Å²) in [7, 11) is 1.64. The van der Waals surface area contributed by atoms with Gasteiger partial charge in [0.1, 0.15) is 11.4 Å². The molecular formula is C25H34N2O4. The van der Waals surface area contributed by atoms with Gasteiger partial charge < -0.3 is 19.4 Å². The number of hydrogen-bond acceptors (Lipinski definition) is 4. The molecular weight excluding hydrogens is 392 g/mol. The van der Waals surface area contributed by atoms with E-state index in [4.69, 9.17) is 9.47 Å². The van der Waals surface area contributed by atoms with Crippen LogP contribution in [0.2, 0.25) is 0 Å². The minimum atomic E-state index is -0.353. The Morgan fingerprint density at radius 2 is 1.77 bits per heavy atom. The highest BCUT2D eigenvalue weighted by Gasteiger charge is 2.25. The average molecular weight is 427 g/mol. The molecule has 0 bridgehead atoms. The maximum absolute atomic E-state index is 13.3. The number of H-pyrrole nitrogens is 1. The van der Waals surface area contributed by atoms with E-state index in [1.54, 1.807) is 14.0 Å². The van der Waals surface area contributed by atoms with Gasteiger partial charge in [0.25, 0.3) is 0 Å². The predicted octanol–water partition coefficient (Wildman–Crippen LogP) is 4.93. The Labute approximate surface area is 184 Å². The van der Waals surface area contributed by atoms with Crippen LogP contribution in [0.1, 0.15) is 71.9 Å². The number of carbonyl (C=O) groups excluding carboxylic acids is 2. The van der Waals surface area contributed by atoms with Gasteiger partial charge in [-0.1, -0.05) is 25.0 Å². The van der Waals surface area contributed by atoms with E-state index in [1.807, 2.05) is 43.0 Å². The van der Waals surface area contributed by atoms with Crippen molar-refractivity contribution in [2.75, 3.05) is 13.7 Å². The van der Waals surface area contributed by atoms with Gasteiger partial charge in [-0.2, -0.15) is 0 Å². The van der Waals surface area contributed by atoms with E-state index in [9.17, 15) is 9.59 Å². The number of nitrogens with zero attached hydrogens (tertiary/aromatic N) is 1. The smallest absolute Gasteiger partial charge is 0.355 e. The van der Waals surface area contributed by atoms with E-state index in [-0.39, 0.29) is 11.9 Å². The second kappa shape index (κ2) is 10.5. The molecule has 0 aliphatic heterocycles. The van der Waals surface area contributed by atoms with Gasteiger partial charge in [0.15, 0.2) is 0 Å². The van der Waals surface area contributed by atoms with E-state index in [1.165, 1.54) is 12.8 Å². The zero-order chi connectivity index (χ0) is 22.4. The third-order valence-corrected chi connectivity index (χ3v) is 6.24. The fourth-order valence-corrected chi connectivity index (χ4v) is 4.40. The largest absolute Gasteiger partial charge is 0.497 e. The van der Waals surface area contributed by atoms with Crippen molar-refractivity contribution in [2.45, 2.75) is 66.0 Å². The summed E-state index contributed by atoms with van der Waals surface area (Å²) in [4.78, 5) is 30.7. The van der Waals surface area contributed by atoms with E-state index in [2.05, 4.69) is 4.98 Å². The summed E-state index contributed by atoms with van der Waals surface area (Å²) < 4.78 is 10.4. The molecule has 1 aromatic heterocycles. The lowest BCUT2D eigenvalue weighted by Crippen LogP contribution is -2.31. The van der Waals surface area contributed by atoms with Crippen molar-refractivity contribution < 1.29 is 19.1 Å². The van der Waals surface area contributed by atoms with Crippen LogP contribution < -0.4 is 4.74 Å². The normalized spacial score (nSPS) is 13.9. The van der Waals surface area contributed by atoms with Gasteiger partial charge in [-0.3, -0.25) is 4.79 Å². The summed E-state index contributed by atoms with van der Waals surface area (Å²) in [6.07, 6.45) is 5.29. The predicted molar refractivity (Wildman–Crippen MR) is 120 cm³/mol. The van der Waals surface area contributed by atoms with Crippen molar-refractivity contribution in [3.05, 3.63) is 52.3 Å².